The van der Waals surface area contributed by atoms with Gasteiger partial charge in [0.05, 0.1) is 5.60 Å². The second-order valence-corrected chi connectivity index (χ2v) is 4.16. The second kappa shape index (κ2) is 5.27. The number of hydrogen-bond acceptors (Lipinski definition) is 4. The molecule has 0 bridgehead atoms. The van der Waals surface area contributed by atoms with E-state index in [4.69, 9.17) is 4.74 Å². The molecule has 1 heterocycles. The van der Waals surface area contributed by atoms with Crippen LogP contribution in [0.2, 0.25) is 0 Å². The van der Waals surface area contributed by atoms with Gasteiger partial charge in [-0.2, -0.15) is 0 Å². The topological polar surface area (TPSA) is 79.5 Å². The summed E-state index contributed by atoms with van der Waals surface area (Å²) in [7, 11) is 0. The summed E-state index contributed by atoms with van der Waals surface area (Å²) in [6.45, 7) is 7.29. The van der Waals surface area contributed by atoms with Gasteiger partial charge >= 0.3 is 6.03 Å². The van der Waals surface area contributed by atoms with Gasteiger partial charge in [0.1, 0.15) is 6.10 Å². The van der Waals surface area contributed by atoms with Gasteiger partial charge in [-0.1, -0.05) is 0 Å². The maximum atomic E-state index is 11.5. The summed E-state index contributed by atoms with van der Waals surface area (Å²) in [6.07, 6.45) is -0.630. The zero-order chi connectivity index (χ0) is 12.2. The van der Waals surface area contributed by atoms with Crippen LogP contribution in [0, 0.1) is 0 Å². The fourth-order valence-electron chi connectivity index (χ4n) is 1.46. The first-order valence-corrected chi connectivity index (χ1v) is 5.44. The van der Waals surface area contributed by atoms with Gasteiger partial charge in [0.25, 0.3) is 5.91 Å². The van der Waals surface area contributed by atoms with Crippen LogP contribution in [0.4, 0.5) is 4.79 Å². The Morgan fingerprint density at radius 1 is 1.50 bits per heavy atom. The quantitative estimate of drug-likeness (QED) is 0.613. The van der Waals surface area contributed by atoms with Gasteiger partial charge in [0.15, 0.2) is 0 Å². The SMILES string of the molecule is CCNC(=O)NC(=O)C(C)OC1(C)CNC1. The predicted octanol–water partition coefficient (Wildman–Crippen LogP) is -0.401. The summed E-state index contributed by atoms with van der Waals surface area (Å²) in [5.41, 5.74) is -0.294. The molecule has 0 aromatic carbocycles. The van der Waals surface area contributed by atoms with Crippen LogP contribution >= 0.6 is 0 Å². The first-order chi connectivity index (χ1) is 7.47. The zero-order valence-corrected chi connectivity index (χ0v) is 9.92. The number of carbonyl (C=O) groups excluding carboxylic acids is 2. The molecule has 1 atom stereocenters. The first-order valence-electron chi connectivity index (χ1n) is 5.44. The third-order valence-corrected chi connectivity index (χ3v) is 2.40. The minimum Gasteiger partial charge on any atom is -0.360 e. The molecule has 3 N–H and O–H groups in total. The van der Waals surface area contributed by atoms with Crippen molar-refractivity contribution < 1.29 is 14.3 Å². The molecule has 1 saturated heterocycles. The average Bonchev–Trinajstić information content (AvgIpc) is 2.15. The van der Waals surface area contributed by atoms with Crippen LogP contribution in [0.25, 0.3) is 0 Å². The Bertz CT molecular complexity index is 276. The molecule has 92 valence electrons. The lowest BCUT2D eigenvalue weighted by Gasteiger charge is -2.40. The number of imide groups is 1. The van der Waals surface area contributed by atoms with Gasteiger partial charge in [-0.05, 0) is 20.8 Å². The van der Waals surface area contributed by atoms with Crippen molar-refractivity contribution in [2.24, 2.45) is 0 Å². The van der Waals surface area contributed by atoms with E-state index in [0.29, 0.717) is 6.54 Å². The number of rotatable bonds is 4. The molecule has 1 unspecified atom stereocenters. The highest BCUT2D eigenvalue weighted by Gasteiger charge is 2.36. The highest BCUT2D eigenvalue weighted by Crippen LogP contribution is 2.17. The molecule has 0 saturated carbocycles. The van der Waals surface area contributed by atoms with Gasteiger partial charge in [0.2, 0.25) is 0 Å². The molecule has 0 aromatic heterocycles. The van der Waals surface area contributed by atoms with Crippen molar-refractivity contribution in [3.05, 3.63) is 0 Å². The molecule has 0 aliphatic carbocycles. The van der Waals surface area contributed by atoms with Crippen LogP contribution in [-0.4, -0.2) is 43.3 Å². The van der Waals surface area contributed by atoms with Crippen molar-refractivity contribution in [3.8, 4) is 0 Å². The Kier molecular flexibility index (Phi) is 4.26. The van der Waals surface area contributed by atoms with E-state index in [1.807, 2.05) is 6.92 Å². The van der Waals surface area contributed by atoms with Crippen LogP contribution in [-0.2, 0) is 9.53 Å². The largest absolute Gasteiger partial charge is 0.360 e. The molecule has 1 rings (SSSR count). The maximum Gasteiger partial charge on any atom is 0.321 e. The summed E-state index contributed by atoms with van der Waals surface area (Å²) in [6, 6.07) is -0.486. The molecule has 3 amide bonds. The molecule has 0 aromatic rings. The van der Waals surface area contributed by atoms with Crippen LogP contribution in [0.3, 0.4) is 0 Å². The normalized spacial score (nSPS) is 19.4. The van der Waals surface area contributed by atoms with Gasteiger partial charge in [-0.3, -0.25) is 10.1 Å². The van der Waals surface area contributed by atoms with Crippen molar-refractivity contribution >= 4 is 11.9 Å². The highest BCUT2D eigenvalue weighted by atomic mass is 16.5. The second-order valence-electron chi connectivity index (χ2n) is 4.16. The Labute approximate surface area is 95.1 Å². The molecule has 0 spiro atoms. The zero-order valence-electron chi connectivity index (χ0n) is 9.92. The lowest BCUT2D eigenvalue weighted by Crippen LogP contribution is -2.61. The Morgan fingerprint density at radius 2 is 2.12 bits per heavy atom. The molecule has 1 fully saturated rings. The number of hydrogen-bond donors (Lipinski definition) is 3. The van der Waals surface area contributed by atoms with Crippen LogP contribution in [0.5, 0.6) is 0 Å². The Balaban J connectivity index is 2.32. The van der Waals surface area contributed by atoms with E-state index in [9.17, 15) is 9.59 Å². The third-order valence-electron chi connectivity index (χ3n) is 2.40. The third kappa shape index (κ3) is 3.46. The van der Waals surface area contributed by atoms with Gasteiger partial charge in [-0.25, -0.2) is 4.79 Å². The minimum atomic E-state index is -0.630. The molecule has 6 heteroatoms. The molecule has 0 radical (unpaired) electrons. The maximum absolute atomic E-state index is 11.5. The number of carbonyl (C=O) groups is 2. The number of amides is 3. The van der Waals surface area contributed by atoms with Crippen LogP contribution < -0.4 is 16.0 Å². The van der Waals surface area contributed by atoms with E-state index < -0.39 is 18.0 Å². The van der Waals surface area contributed by atoms with E-state index in [0.717, 1.165) is 13.1 Å². The van der Waals surface area contributed by atoms with Crippen LogP contribution in [0.1, 0.15) is 20.8 Å². The van der Waals surface area contributed by atoms with Crippen LogP contribution in [0.15, 0.2) is 0 Å². The lowest BCUT2D eigenvalue weighted by molar-refractivity contribution is -0.148. The average molecular weight is 229 g/mol. The van der Waals surface area contributed by atoms with Crippen molar-refractivity contribution in [1.29, 1.82) is 0 Å². The first kappa shape index (κ1) is 12.9. The summed E-state index contributed by atoms with van der Waals surface area (Å²) in [4.78, 5) is 22.6. The van der Waals surface area contributed by atoms with Crippen molar-refractivity contribution in [1.82, 2.24) is 16.0 Å². The smallest absolute Gasteiger partial charge is 0.321 e. The van der Waals surface area contributed by atoms with E-state index in [-0.39, 0.29) is 5.60 Å². The number of urea groups is 1. The minimum absolute atomic E-state index is 0.294. The Hall–Kier alpha value is -1.14. The fraction of sp³-hybridized carbons (Fsp3) is 0.800. The summed E-state index contributed by atoms with van der Waals surface area (Å²) in [5.74, 6) is -0.418. The summed E-state index contributed by atoms with van der Waals surface area (Å²) >= 11 is 0. The molecule has 6 nitrogen and oxygen atoms in total. The standard InChI is InChI=1S/C10H19N3O3/c1-4-12-9(15)13-8(14)7(2)16-10(3)5-11-6-10/h7,11H,4-6H2,1-3H3,(H2,12,13,14,15). The highest BCUT2D eigenvalue weighted by molar-refractivity contribution is 5.96. The number of nitrogens with one attached hydrogen (secondary N) is 3. The monoisotopic (exact) mass is 229 g/mol. The summed E-state index contributed by atoms with van der Waals surface area (Å²) < 4.78 is 5.56. The van der Waals surface area contributed by atoms with E-state index in [1.165, 1.54) is 0 Å². The molecule has 1 aliphatic rings. The van der Waals surface area contributed by atoms with Crippen molar-refractivity contribution in [2.45, 2.75) is 32.5 Å². The molecule has 1 aliphatic heterocycles. The van der Waals surface area contributed by atoms with Gasteiger partial charge in [-0.15, -0.1) is 0 Å². The number of ether oxygens (including phenoxy) is 1. The summed E-state index contributed by atoms with van der Waals surface area (Å²) in [5, 5.41) is 7.77. The van der Waals surface area contributed by atoms with Gasteiger partial charge in [0, 0.05) is 19.6 Å². The molecular weight excluding hydrogens is 210 g/mol. The van der Waals surface area contributed by atoms with E-state index in [1.54, 1.807) is 13.8 Å². The van der Waals surface area contributed by atoms with Crippen molar-refractivity contribution in [3.63, 3.8) is 0 Å². The van der Waals surface area contributed by atoms with Gasteiger partial charge < -0.3 is 15.4 Å². The molecule has 16 heavy (non-hydrogen) atoms. The van der Waals surface area contributed by atoms with E-state index >= 15 is 0 Å². The predicted molar refractivity (Wildman–Crippen MR) is 59.0 cm³/mol. The van der Waals surface area contributed by atoms with E-state index in [2.05, 4.69) is 16.0 Å². The lowest BCUT2D eigenvalue weighted by atomic mass is 10.00. The van der Waals surface area contributed by atoms with Crippen molar-refractivity contribution in [2.75, 3.05) is 19.6 Å². The fourth-order valence-corrected chi connectivity index (χ4v) is 1.46. The Morgan fingerprint density at radius 3 is 2.56 bits per heavy atom. The molecular formula is C10H19N3O3.